The molecule has 3 rings (SSSR count). The average Bonchev–Trinajstić information content (AvgIpc) is 3.13. The van der Waals surface area contributed by atoms with Crippen LogP contribution < -0.4 is 5.32 Å². The first-order valence-corrected chi connectivity index (χ1v) is 6.90. The van der Waals surface area contributed by atoms with E-state index in [1.807, 2.05) is 10.8 Å². The van der Waals surface area contributed by atoms with Crippen molar-refractivity contribution in [3.8, 4) is 0 Å². The highest BCUT2D eigenvalue weighted by Crippen LogP contribution is 2.25. The van der Waals surface area contributed by atoms with Gasteiger partial charge in [-0.05, 0) is 6.42 Å². The number of anilines is 1. The summed E-state index contributed by atoms with van der Waals surface area (Å²) in [7, 11) is 1.78. The molecule has 0 amide bonds. The largest absolute Gasteiger partial charge is 0.478 e. The van der Waals surface area contributed by atoms with E-state index >= 15 is 0 Å². The SMILES string of the molecule is Cn1ncc2c(NCCCn3ccnc3)c(C(=O)O)cnc21. The number of fused-ring (bicyclic) bond motifs is 1. The number of aryl methyl sites for hydroxylation is 2. The highest BCUT2D eigenvalue weighted by atomic mass is 16.4. The van der Waals surface area contributed by atoms with Gasteiger partial charge in [0.25, 0.3) is 0 Å². The standard InChI is InChI=1S/C14H16N6O2/c1-19-13-10(8-18-19)12(11(7-17-13)14(21)22)16-3-2-5-20-6-4-15-9-20/h4,6-9H,2-3,5H2,1H3,(H,16,17)(H,21,22). The van der Waals surface area contributed by atoms with Gasteiger partial charge in [-0.25, -0.2) is 14.8 Å². The molecule has 3 aromatic rings. The number of nitrogens with zero attached hydrogens (tertiary/aromatic N) is 5. The number of carbonyl (C=O) groups is 1. The molecular formula is C14H16N6O2. The molecule has 8 nitrogen and oxygen atoms in total. The number of hydrogen-bond acceptors (Lipinski definition) is 5. The zero-order valence-electron chi connectivity index (χ0n) is 12.1. The summed E-state index contributed by atoms with van der Waals surface area (Å²) in [6.45, 7) is 1.46. The lowest BCUT2D eigenvalue weighted by Gasteiger charge is -2.11. The number of carboxylic acid groups (broad SMARTS) is 1. The van der Waals surface area contributed by atoms with Gasteiger partial charge in [0.15, 0.2) is 5.65 Å². The predicted molar refractivity (Wildman–Crippen MR) is 80.8 cm³/mol. The summed E-state index contributed by atoms with van der Waals surface area (Å²) in [5.74, 6) is -1.00. The molecule has 0 aliphatic rings. The van der Waals surface area contributed by atoms with Crippen molar-refractivity contribution in [1.29, 1.82) is 0 Å². The Bertz CT molecular complexity index is 793. The minimum absolute atomic E-state index is 0.156. The third kappa shape index (κ3) is 2.62. The lowest BCUT2D eigenvalue weighted by atomic mass is 10.2. The van der Waals surface area contributed by atoms with Gasteiger partial charge in [-0.15, -0.1) is 0 Å². The third-order valence-electron chi connectivity index (χ3n) is 3.45. The van der Waals surface area contributed by atoms with E-state index in [1.165, 1.54) is 6.20 Å². The van der Waals surface area contributed by atoms with E-state index < -0.39 is 5.97 Å². The monoisotopic (exact) mass is 300 g/mol. The maximum Gasteiger partial charge on any atom is 0.339 e. The Morgan fingerprint density at radius 1 is 1.41 bits per heavy atom. The molecule has 0 saturated heterocycles. The normalized spacial score (nSPS) is 11.0. The van der Waals surface area contributed by atoms with E-state index in [0.717, 1.165) is 13.0 Å². The lowest BCUT2D eigenvalue weighted by molar-refractivity contribution is 0.0697. The van der Waals surface area contributed by atoms with Crippen molar-refractivity contribution < 1.29 is 9.90 Å². The molecule has 0 atom stereocenters. The van der Waals surface area contributed by atoms with E-state index in [4.69, 9.17) is 0 Å². The Morgan fingerprint density at radius 3 is 3.00 bits per heavy atom. The van der Waals surface area contributed by atoms with Crippen molar-refractivity contribution >= 4 is 22.7 Å². The van der Waals surface area contributed by atoms with Crippen LogP contribution in [0.1, 0.15) is 16.8 Å². The lowest BCUT2D eigenvalue weighted by Crippen LogP contribution is -2.11. The molecule has 3 heterocycles. The topological polar surface area (TPSA) is 97.9 Å². The molecule has 0 aliphatic carbocycles. The number of aromatic carboxylic acids is 1. The fraction of sp³-hybridized carbons (Fsp3) is 0.286. The molecule has 2 N–H and O–H groups in total. The summed E-state index contributed by atoms with van der Waals surface area (Å²) in [5.41, 5.74) is 1.38. The molecule has 0 spiro atoms. The van der Waals surface area contributed by atoms with E-state index in [2.05, 4.69) is 20.4 Å². The molecule has 3 aromatic heterocycles. The van der Waals surface area contributed by atoms with Gasteiger partial charge in [0.1, 0.15) is 5.56 Å². The molecule has 0 fully saturated rings. The van der Waals surface area contributed by atoms with Crippen molar-refractivity contribution in [1.82, 2.24) is 24.3 Å². The van der Waals surface area contributed by atoms with Gasteiger partial charge < -0.3 is 15.0 Å². The molecule has 0 saturated carbocycles. The predicted octanol–water partition coefficient (Wildman–Crippen LogP) is 1.37. The van der Waals surface area contributed by atoms with E-state index in [1.54, 1.807) is 30.5 Å². The average molecular weight is 300 g/mol. The van der Waals surface area contributed by atoms with Gasteiger partial charge in [-0.1, -0.05) is 0 Å². The Labute approximate surface area is 126 Å². The van der Waals surface area contributed by atoms with Crippen LogP contribution in [0.4, 0.5) is 5.69 Å². The first-order chi connectivity index (χ1) is 10.7. The molecule has 114 valence electrons. The number of pyridine rings is 1. The minimum Gasteiger partial charge on any atom is -0.478 e. The van der Waals surface area contributed by atoms with Crippen LogP contribution in [-0.2, 0) is 13.6 Å². The molecule has 0 bridgehead atoms. The number of carboxylic acids is 1. The number of rotatable bonds is 6. The smallest absolute Gasteiger partial charge is 0.339 e. The maximum atomic E-state index is 11.4. The molecular weight excluding hydrogens is 284 g/mol. The molecule has 22 heavy (non-hydrogen) atoms. The number of nitrogens with one attached hydrogen (secondary N) is 1. The van der Waals surface area contributed by atoms with Crippen molar-refractivity contribution in [3.05, 3.63) is 36.7 Å². The fourth-order valence-corrected chi connectivity index (χ4v) is 2.34. The zero-order chi connectivity index (χ0) is 15.5. The van der Waals surface area contributed by atoms with Crippen LogP contribution in [0.15, 0.2) is 31.1 Å². The number of imidazole rings is 1. The maximum absolute atomic E-state index is 11.4. The molecule has 0 unspecified atom stereocenters. The van der Waals surface area contributed by atoms with Crippen molar-refractivity contribution in [2.45, 2.75) is 13.0 Å². The second-order valence-electron chi connectivity index (χ2n) is 4.94. The van der Waals surface area contributed by atoms with Crippen molar-refractivity contribution in [2.24, 2.45) is 7.05 Å². The van der Waals surface area contributed by atoms with Gasteiger partial charge in [-0.3, -0.25) is 4.68 Å². The van der Waals surface area contributed by atoms with Crippen LogP contribution >= 0.6 is 0 Å². The summed E-state index contributed by atoms with van der Waals surface area (Å²) in [6, 6.07) is 0. The van der Waals surface area contributed by atoms with Gasteiger partial charge in [0.05, 0.1) is 23.6 Å². The van der Waals surface area contributed by atoms with Crippen LogP contribution in [0.2, 0.25) is 0 Å². The van der Waals surface area contributed by atoms with Crippen molar-refractivity contribution in [2.75, 3.05) is 11.9 Å². The first-order valence-electron chi connectivity index (χ1n) is 6.90. The Balaban J connectivity index is 1.78. The van der Waals surface area contributed by atoms with Crippen LogP contribution in [0.3, 0.4) is 0 Å². The second kappa shape index (κ2) is 5.84. The highest BCUT2D eigenvalue weighted by molar-refractivity contribution is 6.03. The number of hydrogen-bond donors (Lipinski definition) is 2. The van der Waals surface area contributed by atoms with Gasteiger partial charge in [0, 0.05) is 38.7 Å². The first kappa shape index (κ1) is 14.1. The number of aromatic nitrogens is 5. The molecule has 8 heteroatoms. The van der Waals surface area contributed by atoms with Crippen LogP contribution in [0, 0.1) is 0 Å². The van der Waals surface area contributed by atoms with Gasteiger partial charge >= 0.3 is 5.97 Å². The molecule has 0 aliphatic heterocycles. The van der Waals surface area contributed by atoms with Crippen LogP contribution in [0.25, 0.3) is 11.0 Å². The highest BCUT2D eigenvalue weighted by Gasteiger charge is 2.16. The van der Waals surface area contributed by atoms with Gasteiger partial charge in [0.2, 0.25) is 0 Å². The van der Waals surface area contributed by atoms with E-state index in [-0.39, 0.29) is 5.56 Å². The summed E-state index contributed by atoms with van der Waals surface area (Å²) in [6.07, 6.45) is 9.23. The van der Waals surface area contributed by atoms with E-state index in [9.17, 15) is 9.90 Å². The van der Waals surface area contributed by atoms with Gasteiger partial charge in [-0.2, -0.15) is 5.10 Å². The quantitative estimate of drug-likeness (QED) is 0.667. The minimum atomic E-state index is -1.00. The summed E-state index contributed by atoms with van der Waals surface area (Å²) < 4.78 is 3.60. The second-order valence-corrected chi connectivity index (χ2v) is 4.94. The summed E-state index contributed by atoms with van der Waals surface area (Å²) >= 11 is 0. The third-order valence-corrected chi connectivity index (χ3v) is 3.45. The Hall–Kier alpha value is -2.90. The Morgan fingerprint density at radius 2 is 2.27 bits per heavy atom. The summed E-state index contributed by atoms with van der Waals surface area (Å²) in [4.78, 5) is 19.5. The van der Waals surface area contributed by atoms with E-state index in [0.29, 0.717) is 23.3 Å². The van der Waals surface area contributed by atoms with Crippen LogP contribution in [0.5, 0.6) is 0 Å². The fourth-order valence-electron chi connectivity index (χ4n) is 2.34. The summed E-state index contributed by atoms with van der Waals surface area (Å²) in [5, 5.41) is 17.4. The molecule has 0 radical (unpaired) electrons. The zero-order valence-corrected chi connectivity index (χ0v) is 12.1. The van der Waals surface area contributed by atoms with Crippen molar-refractivity contribution in [3.63, 3.8) is 0 Å². The molecule has 0 aromatic carbocycles. The van der Waals surface area contributed by atoms with Crippen LogP contribution in [-0.4, -0.2) is 41.9 Å². The Kier molecular flexibility index (Phi) is 3.73.